The number of nitrogens with one attached hydrogen (secondary N) is 3. The summed E-state index contributed by atoms with van der Waals surface area (Å²) in [6.45, 7) is 7.64. The largest absolute Gasteiger partial charge is 0.399 e. The fourth-order valence-corrected chi connectivity index (χ4v) is 11.1. The zero-order valence-electron chi connectivity index (χ0n) is 39.7. The molecule has 5 heterocycles. The number of alkyl halides is 2. The maximum Gasteiger partial charge on any atom is 0.399 e. The molecule has 71 heavy (non-hydrogen) atoms. The quantitative estimate of drug-likeness (QED) is 0.0447. The number of hydrogen-bond donors (Lipinski definition) is 5. The minimum absolute atomic E-state index is 0.0865. The van der Waals surface area contributed by atoms with Gasteiger partial charge in [0.15, 0.2) is 0 Å². The normalized spacial score (nSPS) is 21.3. The highest BCUT2D eigenvalue weighted by molar-refractivity contribution is 7.52. The second-order valence-electron chi connectivity index (χ2n) is 19.6. The number of unbranched alkanes of at least 4 members (excludes halogenated alkanes) is 3. The van der Waals surface area contributed by atoms with E-state index >= 15 is 0 Å². The van der Waals surface area contributed by atoms with Crippen LogP contribution in [0, 0.1) is 5.41 Å². The lowest BCUT2D eigenvalue weighted by molar-refractivity contribution is -0.150. The van der Waals surface area contributed by atoms with Crippen LogP contribution in [0.2, 0.25) is 0 Å². The topological polar surface area (TPSA) is 224 Å². The lowest BCUT2D eigenvalue weighted by atomic mass is 9.85. The van der Waals surface area contributed by atoms with Crippen LogP contribution in [0.3, 0.4) is 0 Å². The molecule has 0 bridgehead atoms. The third kappa shape index (κ3) is 11.4. The molecule has 17 nitrogen and oxygen atoms in total. The number of fused-ring (bicyclic) bond motifs is 2. The van der Waals surface area contributed by atoms with Gasteiger partial charge in [0.25, 0.3) is 11.8 Å². The Bertz CT molecular complexity index is 2730. The van der Waals surface area contributed by atoms with Crippen molar-refractivity contribution >= 4 is 70.1 Å². The maximum atomic E-state index is 14.8. The molecule has 4 aliphatic rings. The minimum atomic E-state index is -5.83. The predicted octanol–water partition coefficient (Wildman–Crippen LogP) is 6.29. The van der Waals surface area contributed by atoms with E-state index in [9.17, 15) is 51.9 Å². The van der Waals surface area contributed by atoms with Gasteiger partial charge >= 0.3 is 13.3 Å². The van der Waals surface area contributed by atoms with Gasteiger partial charge in [-0.15, -0.1) is 11.3 Å². The van der Waals surface area contributed by atoms with Crippen molar-refractivity contribution in [2.75, 3.05) is 44.7 Å². The number of anilines is 1. The number of halogens is 2. The van der Waals surface area contributed by atoms with Crippen molar-refractivity contribution in [3.63, 3.8) is 0 Å². The molecular weight excluding hydrogens is 962 g/mol. The molecule has 6 amide bonds. The number of morpholine rings is 1. The van der Waals surface area contributed by atoms with Gasteiger partial charge in [0, 0.05) is 72.7 Å². The fourth-order valence-electron chi connectivity index (χ4n) is 9.66. The van der Waals surface area contributed by atoms with Gasteiger partial charge in [0.1, 0.15) is 24.2 Å². The van der Waals surface area contributed by atoms with Crippen LogP contribution >= 0.6 is 18.9 Å². The number of amides is 6. The Labute approximate surface area is 413 Å². The predicted molar refractivity (Wildman–Crippen MR) is 259 cm³/mol. The van der Waals surface area contributed by atoms with Crippen LogP contribution in [0.25, 0.3) is 10.1 Å². The number of carbonyl (C=O) groups is 6. The first-order valence-corrected chi connectivity index (χ1v) is 26.3. The third-order valence-electron chi connectivity index (χ3n) is 13.5. The van der Waals surface area contributed by atoms with E-state index < -0.39 is 66.2 Å². The molecule has 4 aromatic rings. The SMILES string of the molecule is CC(C)(C)C(NC(=O)c1cc2cc(C(F)(F)P(=O)(O)O)ccc2s1)C(=O)N1C[C@@H](OCCCCCCNc2cccc3c2CN(C2CCC(=O)NC2=O)C3=O)C[C@H]1C(=O)N1CCO[C@H](c2ccccc2)C1. The maximum absolute atomic E-state index is 14.8. The second kappa shape index (κ2) is 21.2. The first-order valence-electron chi connectivity index (χ1n) is 23.9. The zero-order valence-corrected chi connectivity index (χ0v) is 41.4. The molecule has 0 spiro atoms. The molecule has 3 fully saturated rings. The minimum Gasteiger partial charge on any atom is -0.385 e. The van der Waals surface area contributed by atoms with Crippen molar-refractivity contribution in [2.24, 2.45) is 5.41 Å². The molecule has 3 aromatic carbocycles. The molecule has 5 N–H and O–H groups in total. The van der Waals surface area contributed by atoms with E-state index in [4.69, 9.17) is 9.47 Å². The van der Waals surface area contributed by atoms with Gasteiger partial charge in [0.2, 0.25) is 23.6 Å². The monoisotopic (exact) mass is 1020 g/mol. The molecule has 3 saturated heterocycles. The number of rotatable bonds is 17. The number of carbonyl (C=O) groups excluding carboxylic acids is 6. The number of benzene rings is 3. The van der Waals surface area contributed by atoms with Crippen molar-refractivity contribution in [3.05, 3.63) is 99.9 Å². The Hall–Kier alpha value is -5.63. The van der Waals surface area contributed by atoms with E-state index in [0.29, 0.717) is 36.6 Å². The van der Waals surface area contributed by atoms with E-state index in [1.54, 1.807) is 31.7 Å². The fraction of sp³-hybridized carbons (Fsp3) is 0.480. The third-order valence-corrected chi connectivity index (χ3v) is 15.6. The molecule has 0 aliphatic carbocycles. The Kier molecular flexibility index (Phi) is 15.5. The van der Waals surface area contributed by atoms with E-state index in [1.165, 1.54) is 21.9 Å². The van der Waals surface area contributed by atoms with Crippen LogP contribution in [0.5, 0.6) is 0 Å². The summed E-state index contributed by atoms with van der Waals surface area (Å²) >= 11 is 0.973. The molecule has 1 aromatic heterocycles. The molecule has 5 atom stereocenters. The van der Waals surface area contributed by atoms with E-state index in [2.05, 4.69) is 16.0 Å². The van der Waals surface area contributed by atoms with Crippen molar-refractivity contribution in [3.8, 4) is 0 Å². The van der Waals surface area contributed by atoms with Gasteiger partial charge in [-0.2, -0.15) is 8.78 Å². The van der Waals surface area contributed by atoms with Crippen LogP contribution in [0.15, 0.2) is 72.8 Å². The van der Waals surface area contributed by atoms with E-state index in [1.807, 2.05) is 42.5 Å². The average Bonchev–Trinajstić information content (AvgIpc) is 4.06. The van der Waals surface area contributed by atoms with Crippen LogP contribution in [0.1, 0.15) is 109 Å². The number of hydrogen-bond acceptors (Lipinski definition) is 11. The smallest absolute Gasteiger partial charge is 0.385 e. The highest BCUT2D eigenvalue weighted by Gasteiger charge is 2.51. The lowest BCUT2D eigenvalue weighted by Gasteiger charge is -2.38. The Balaban J connectivity index is 0.891. The van der Waals surface area contributed by atoms with Crippen LogP contribution in [0.4, 0.5) is 14.5 Å². The van der Waals surface area contributed by atoms with Crippen molar-refractivity contribution in [2.45, 2.75) is 108 Å². The van der Waals surface area contributed by atoms with Gasteiger partial charge in [-0.3, -0.25) is 38.6 Å². The van der Waals surface area contributed by atoms with Gasteiger partial charge < -0.3 is 44.6 Å². The molecule has 0 radical (unpaired) electrons. The van der Waals surface area contributed by atoms with Crippen molar-refractivity contribution < 1.29 is 61.4 Å². The average molecular weight is 1020 g/mol. The Morgan fingerprint density at radius 3 is 2.46 bits per heavy atom. The van der Waals surface area contributed by atoms with Gasteiger partial charge in [-0.05, 0) is 66.0 Å². The van der Waals surface area contributed by atoms with Gasteiger partial charge in [0.05, 0.1) is 24.1 Å². The first kappa shape index (κ1) is 51.7. The molecule has 2 unspecified atom stereocenters. The van der Waals surface area contributed by atoms with Crippen LogP contribution in [-0.4, -0.2) is 124 Å². The molecule has 0 saturated carbocycles. The van der Waals surface area contributed by atoms with Crippen LogP contribution in [-0.2, 0) is 45.4 Å². The van der Waals surface area contributed by atoms with Gasteiger partial charge in [-0.25, -0.2) is 0 Å². The molecule has 8 rings (SSSR count). The highest BCUT2D eigenvalue weighted by Crippen LogP contribution is 2.59. The van der Waals surface area contributed by atoms with Crippen LogP contribution < -0.4 is 16.0 Å². The lowest BCUT2D eigenvalue weighted by Crippen LogP contribution is -2.58. The second-order valence-corrected chi connectivity index (χ2v) is 22.3. The van der Waals surface area contributed by atoms with E-state index in [0.717, 1.165) is 66.0 Å². The molecule has 4 aliphatic heterocycles. The Morgan fingerprint density at radius 1 is 0.972 bits per heavy atom. The summed E-state index contributed by atoms with van der Waals surface area (Å²) in [5, 5.41) is 8.81. The summed E-state index contributed by atoms with van der Waals surface area (Å²) in [6, 6.07) is 16.7. The summed E-state index contributed by atoms with van der Waals surface area (Å²) in [4.78, 5) is 104. The molecular formula is C50H59F2N6O11PS. The number of nitrogens with zero attached hydrogens (tertiary/aromatic N) is 3. The Morgan fingerprint density at radius 2 is 1.73 bits per heavy atom. The first-order chi connectivity index (χ1) is 33.7. The summed E-state index contributed by atoms with van der Waals surface area (Å²) in [6.07, 6.45) is 3.11. The summed E-state index contributed by atoms with van der Waals surface area (Å²) in [7, 11) is -5.83. The summed E-state index contributed by atoms with van der Waals surface area (Å²) in [5.74, 6) is -2.43. The molecule has 380 valence electrons. The standard InChI is InChI=1S/C50H59F2N6O11PS/c1-49(2,3)43(55-45(61)41-25-31-24-32(16-18-40(31)71-41)50(51,52)70(65,66)67)48(64)57-27-33(26-38(57)47(63)56-21-23-69-39(29-56)30-12-7-6-8-13-30)68-22-10-5-4-9-20-53-36-15-11-14-34-35(36)28-58(46(34)62)37-17-19-42(59)54-44(37)60/h6-8,11-16,18,24-25,33,37-39,43,53H,4-5,9-10,17,19-23,26-29H2,1-3H3,(H,55,61)(H,54,59,60)(H2,65,66,67)/t33-,37?,38-,39-,43?/m0/s1. The number of ether oxygens (including phenoxy) is 2. The summed E-state index contributed by atoms with van der Waals surface area (Å²) in [5.41, 5.74) is -3.09. The van der Waals surface area contributed by atoms with E-state index in [-0.39, 0.29) is 73.0 Å². The number of thiophene rings is 1. The van der Waals surface area contributed by atoms with Gasteiger partial charge in [-0.1, -0.05) is 76.1 Å². The number of piperidine rings is 1. The number of likely N-dealkylation sites (tertiary alicyclic amines) is 1. The summed E-state index contributed by atoms with van der Waals surface area (Å²) < 4.78 is 53.5. The van der Waals surface area contributed by atoms with Crippen molar-refractivity contribution in [1.82, 2.24) is 25.3 Å². The number of imide groups is 1. The van der Waals surface area contributed by atoms with Crippen molar-refractivity contribution in [1.29, 1.82) is 0 Å². The molecule has 21 heteroatoms. The zero-order chi connectivity index (χ0) is 50.8. The highest BCUT2D eigenvalue weighted by atomic mass is 32.1.